The van der Waals surface area contributed by atoms with Gasteiger partial charge in [0.2, 0.25) is 0 Å². The lowest BCUT2D eigenvalue weighted by Crippen LogP contribution is -2.20. The predicted octanol–water partition coefficient (Wildman–Crippen LogP) is 2.35. The lowest BCUT2D eigenvalue weighted by Gasteiger charge is -2.20. The van der Waals surface area contributed by atoms with Crippen molar-refractivity contribution < 1.29 is 4.39 Å². The third kappa shape index (κ3) is 1.65. The molecule has 0 saturated heterocycles. The maximum atomic E-state index is 13.7. The van der Waals surface area contributed by atoms with Crippen molar-refractivity contribution in [1.29, 1.82) is 0 Å². The Balaban J connectivity index is 2.17. The minimum absolute atomic E-state index is 0.0409. The third-order valence-electron chi connectivity index (χ3n) is 3.28. The molecule has 4 heteroatoms. The van der Waals surface area contributed by atoms with Crippen LogP contribution in [0.15, 0.2) is 30.5 Å². The van der Waals surface area contributed by atoms with Crippen LogP contribution in [0.25, 0.3) is 5.69 Å². The highest BCUT2D eigenvalue weighted by molar-refractivity contribution is 5.38. The summed E-state index contributed by atoms with van der Waals surface area (Å²) in [5.41, 5.74) is 8.68. The van der Waals surface area contributed by atoms with E-state index in [9.17, 15) is 4.39 Å². The predicted molar refractivity (Wildman–Crippen MR) is 63.4 cm³/mol. The molecule has 3 rings (SSSR count). The van der Waals surface area contributed by atoms with E-state index in [1.807, 2.05) is 0 Å². The zero-order chi connectivity index (χ0) is 11.8. The fourth-order valence-electron chi connectivity index (χ4n) is 2.44. The standard InChI is InChI=1S/C13H14FN3/c14-10-5-1-2-7-12(10)17-13-9(8-16-17)4-3-6-11(13)15/h1-2,5,7-8,11H,3-4,6,15H2. The molecule has 0 radical (unpaired) electrons. The average molecular weight is 231 g/mol. The Kier molecular flexibility index (Phi) is 2.44. The summed E-state index contributed by atoms with van der Waals surface area (Å²) in [6.45, 7) is 0. The second kappa shape index (κ2) is 3.96. The molecule has 2 aromatic rings. The van der Waals surface area contributed by atoms with Crippen LogP contribution in [0.4, 0.5) is 4.39 Å². The molecule has 0 spiro atoms. The van der Waals surface area contributed by atoms with Crippen LogP contribution in [0.5, 0.6) is 0 Å². The molecular weight excluding hydrogens is 217 g/mol. The van der Waals surface area contributed by atoms with Crippen LogP contribution in [0.1, 0.15) is 30.1 Å². The summed E-state index contributed by atoms with van der Waals surface area (Å²) >= 11 is 0. The van der Waals surface area contributed by atoms with Gasteiger partial charge in [0, 0.05) is 6.04 Å². The SMILES string of the molecule is NC1CCCc2cnn(-c3ccccc3F)c21. The van der Waals surface area contributed by atoms with Crippen LogP contribution >= 0.6 is 0 Å². The molecule has 3 nitrogen and oxygen atoms in total. The van der Waals surface area contributed by atoms with Gasteiger partial charge in [0.15, 0.2) is 0 Å². The zero-order valence-corrected chi connectivity index (χ0v) is 9.44. The molecule has 1 aromatic heterocycles. The number of halogens is 1. The smallest absolute Gasteiger partial charge is 0.148 e. The Morgan fingerprint density at radius 2 is 2.18 bits per heavy atom. The molecule has 0 aliphatic heterocycles. The summed E-state index contributed by atoms with van der Waals surface area (Å²) in [6, 6.07) is 6.61. The molecule has 1 unspecified atom stereocenters. The van der Waals surface area contributed by atoms with Gasteiger partial charge in [-0.05, 0) is 37.0 Å². The van der Waals surface area contributed by atoms with E-state index in [4.69, 9.17) is 5.73 Å². The Morgan fingerprint density at radius 1 is 1.35 bits per heavy atom. The molecule has 1 heterocycles. The topological polar surface area (TPSA) is 43.8 Å². The lowest BCUT2D eigenvalue weighted by molar-refractivity contribution is 0.534. The van der Waals surface area contributed by atoms with Crippen molar-refractivity contribution in [3.05, 3.63) is 47.5 Å². The van der Waals surface area contributed by atoms with Crippen LogP contribution in [0, 0.1) is 5.82 Å². The monoisotopic (exact) mass is 231 g/mol. The first-order valence-electron chi connectivity index (χ1n) is 5.84. The van der Waals surface area contributed by atoms with Gasteiger partial charge >= 0.3 is 0 Å². The van der Waals surface area contributed by atoms with Crippen molar-refractivity contribution in [3.63, 3.8) is 0 Å². The molecule has 1 atom stereocenters. The van der Waals surface area contributed by atoms with Gasteiger partial charge in [-0.25, -0.2) is 9.07 Å². The number of fused-ring (bicyclic) bond motifs is 1. The van der Waals surface area contributed by atoms with E-state index in [-0.39, 0.29) is 11.9 Å². The van der Waals surface area contributed by atoms with E-state index in [1.165, 1.54) is 6.07 Å². The average Bonchev–Trinajstić information content (AvgIpc) is 2.75. The summed E-state index contributed by atoms with van der Waals surface area (Å²) < 4.78 is 15.4. The number of aryl methyl sites for hydroxylation is 1. The molecule has 2 N–H and O–H groups in total. The van der Waals surface area contributed by atoms with E-state index in [0.29, 0.717) is 5.69 Å². The Bertz CT molecular complexity index is 547. The van der Waals surface area contributed by atoms with Gasteiger partial charge in [0.1, 0.15) is 11.5 Å². The second-order valence-corrected chi connectivity index (χ2v) is 4.42. The molecule has 17 heavy (non-hydrogen) atoms. The van der Waals surface area contributed by atoms with Crippen molar-refractivity contribution in [1.82, 2.24) is 9.78 Å². The molecular formula is C13H14FN3. The van der Waals surface area contributed by atoms with Crippen molar-refractivity contribution in [3.8, 4) is 5.69 Å². The Hall–Kier alpha value is -1.68. The number of aromatic nitrogens is 2. The molecule has 0 bridgehead atoms. The number of rotatable bonds is 1. The van der Waals surface area contributed by atoms with Gasteiger partial charge in [-0.2, -0.15) is 5.10 Å². The van der Waals surface area contributed by atoms with Crippen LogP contribution in [0.2, 0.25) is 0 Å². The fraction of sp³-hybridized carbons (Fsp3) is 0.308. The van der Waals surface area contributed by atoms with Crippen molar-refractivity contribution >= 4 is 0 Å². The molecule has 0 fully saturated rings. The second-order valence-electron chi connectivity index (χ2n) is 4.42. The number of hydrogen-bond acceptors (Lipinski definition) is 2. The molecule has 1 aliphatic rings. The Morgan fingerprint density at radius 3 is 3.00 bits per heavy atom. The highest BCUT2D eigenvalue weighted by Gasteiger charge is 2.23. The van der Waals surface area contributed by atoms with E-state index in [2.05, 4.69) is 5.10 Å². The molecule has 0 amide bonds. The highest BCUT2D eigenvalue weighted by Crippen LogP contribution is 2.30. The number of para-hydroxylation sites is 1. The molecule has 1 aromatic carbocycles. The lowest BCUT2D eigenvalue weighted by atomic mass is 9.94. The Labute approximate surface area is 99.1 Å². The quantitative estimate of drug-likeness (QED) is 0.818. The highest BCUT2D eigenvalue weighted by atomic mass is 19.1. The maximum Gasteiger partial charge on any atom is 0.148 e. The zero-order valence-electron chi connectivity index (χ0n) is 9.44. The number of benzene rings is 1. The summed E-state index contributed by atoms with van der Waals surface area (Å²) in [4.78, 5) is 0. The summed E-state index contributed by atoms with van der Waals surface area (Å²) in [5.74, 6) is -0.267. The minimum Gasteiger partial charge on any atom is -0.323 e. The fourth-order valence-corrected chi connectivity index (χ4v) is 2.44. The van der Waals surface area contributed by atoms with E-state index >= 15 is 0 Å². The van der Waals surface area contributed by atoms with Gasteiger partial charge in [-0.15, -0.1) is 0 Å². The largest absolute Gasteiger partial charge is 0.323 e. The van der Waals surface area contributed by atoms with Gasteiger partial charge in [0.25, 0.3) is 0 Å². The first-order chi connectivity index (χ1) is 8.27. The van der Waals surface area contributed by atoms with Crippen LogP contribution in [-0.4, -0.2) is 9.78 Å². The third-order valence-corrected chi connectivity index (χ3v) is 3.28. The van der Waals surface area contributed by atoms with E-state index < -0.39 is 0 Å². The van der Waals surface area contributed by atoms with E-state index in [1.54, 1.807) is 29.1 Å². The number of hydrogen-bond donors (Lipinski definition) is 1. The van der Waals surface area contributed by atoms with Crippen LogP contribution < -0.4 is 5.73 Å². The van der Waals surface area contributed by atoms with Gasteiger partial charge in [-0.1, -0.05) is 12.1 Å². The van der Waals surface area contributed by atoms with Gasteiger partial charge in [0.05, 0.1) is 11.9 Å². The first kappa shape index (κ1) is 10.5. The first-order valence-corrected chi connectivity index (χ1v) is 5.84. The van der Waals surface area contributed by atoms with E-state index in [0.717, 1.165) is 30.5 Å². The van der Waals surface area contributed by atoms with Gasteiger partial charge < -0.3 is 5.73 Å². The molecule has 88 valence electrons. The van der Waals surface area contributed by atoms with Crippen LogP contribution in [0.3, 0.4) is 0 Å². The molecule has 1 aliphatic carbocycles. The summed E-state index contributed by atoms with van der Waals surface area (Å²) in [5, 5.41) is 4.28. The van der Waals surface area contributed by atoms with Crippen molar-refractivity contribution in [2.24, 2.45) is 5.73 Å². The maximum absolute atomic E-state index is 13.7. The number of nitrogens with zero attached hydrogens (tertiary/aromatic N) is 2. The van der Waals surface area contributed by atoms with Crippen molar-refractivity contribution in [2.75, 3.05) is 0 Å². The molecule has 0 saturated carbocycles. The van der Waals surface area contributed by atoms with Crippen molar-refractivity contribution in [2.45, 2.75) is 25.3 Å². The minimum atomic E-state index is -0.267. The summed E-state index contributed by atoms with van der Waals surface area (Å²) in [6.07, 6.45) is 4.81. The van der Waals surface area contributed by atoms with Gasteiger partial charge in [-0.3, -0.25) is 0 Å². The summed E-state index contributed by atoms with van der Waals surface area (Å²) in [7, 11) is 0. The number of nitrogens with two attached hydrogens (primary N) is 1. The van der Waals surface area contributed by atoms with Crippen LogP contribution in [-0.2, 0) is 6.42 Å². The normalized spacial score (nSPS) is 19.1.